The zero-order chi connectivity index (χ0) is 11.1. The van der Waals surface area contributed by atoms with Crippen LogP contribution in [0.4, 0.5) is 0 Å². The van der Waals surface area contributed by atoms with Gasteiger partial charge in [0.2, 0.25) is 0 Å². The van der Waals surface area contributed by atoms with E-state index in [1.54, 1.807) is 6.07 Å². The minimum Gasteiger partial charge on any atom is -0.481 e. The fourth-order valence-corrected chi connectivity index (χ4v) is 1.34. The van der Waals surface area contributed by atoms with Gasteiger partial charge in [-0.2, -0.15) is 0 Å². The molecule has 0 aromatic carbocycles. The first-order chi connectivity index (χ1) is 7.22. The normalized spacial score (nSPS) is 10.2. The van der Waals surface area contributed by atoms with Crippen LogP contribution in [0.2, 0.25) is 0 Å². The van der Waals surface area contributed by atoms with E-state index in [1.165, 1.54) is 0 Å². The van der Waals surface area contributed by atoms with Gasteiger partial charge in [-0.3, -0.25) is 9.78 Å². The number of aliphatic carboxylic acids is 1. The van der Waals surface area contributed by atoms with Crippen molar-refractivity contribution < 1.29 is 15.0 Å². The van der Waals surface area contributed by atoms with Crippen molar-refractivity contribution in [3.8, 4) is 0 Å². The van der Waals surface area contributed by atoms with Crippen molar-refractivity contribution in [2.24, 2.45) is 0 Å². The smallest absolute Gasteiger partial charge is 0.303 e. The van der Waals surface area contributed by atoms with Crippen LogP contribution in [0.1, 0.15) is 30.7 Å². The lowest BCUT2D eigenvalue weighted by atomic mass is 10.1. The summed E-state index contributed by atoms with van der Waals surface area (Å²) in [6.07, 6.45) is 2.45. The number of aryl methyl sites for hydroxylation is 1. The summed E-state index contributed by atoms with van der Waals surface area (Å²) in [6, 6.07) is 5.51. The summed E-state index contributed by atoms with van der Waals surface area (Å²) in [5.41, 5.74) is 1.57. The third-order valence-corrected chi connectivity index (χ3v) is 2.10. The molecular formula is C11H15NO3. The molecule has 0 saturated heterocycles. The van der Waals surface area contributed by atoms with Gasteiger partial charge in [-0.25, -0.2) is 0 Å². The van der Waals surface area contributed by atoms with E-state index in [0.717, 1.165) is 18.5 Å². The van der Waals surface area contributed by atoms with Gasteiger partial charge in [-0.05, 0) is 31.4 Å². The Morgan fingerprint density at radius 3 is 2.67 bits per heavy atom. The summed E-state index contributed by atoms with van der Waals surface area (Å²) in [6.45, 7) is -0.0526. The second-order valence-electron chi connectivity index (χ2n) is 3.38. The molecule has 1 rings (SSSR count). The number of aliphatic hydroxyl groups is 1. The lowest BCUT2D eigenvalue weighted by molar-refractivity contribution is -0.137. The van der Waals surface area contributed by atoms with Crippen LogP contribution in [0.15, 0.2) is 18.2 Å². The zero-order valence-corrected chi connectivity index (χ0v) is 8.52. The Balaban J connectivity index is 2.33. The Morgan fingerprint density at radius 1 is 1.27 bits per heavy atom. The van der Waals surface area contributed by atoms with Crippen molar-refractivity contribution in [3.05, 3.63) is 29.6 Å². The summed E-state index contributed by atoms with van der Waals surface area (Å²) >= 11 is 0. The van der Waals surface area contributed by atoms with Gasteiger partial charge < -0.3 is 10.2 Å². The second kappa shape index (κ2) is 6.14. The zero-order valence-electron chi connectivity index (χ0n) is 8.52. The number of nitrogens with zero attached hydrogens (tertiary/aromatic N) is 1. The summed E-state index contributed by atoms with van der Waals surface area (Å²) < 4.78 is 0. The fourth-order valence-electron chi connectivity index (χ4n) is 1.34. The highest BCUT2D eigenvalue weighted by atomic mass is 16.4. The highest BCUT2D eigenvalue weighted by Crippen LogP contribution is 2.05. The standard InChI is InChI=1S/C11H15NO3/c13-8-10-6-3-5-9(12-10)4-1-2-7-11(14)15/h3,5-6,13H,1-2,4,7-8H2,(H,14,15). The Bertz CT molecular complexity index is 325. The molecule has 0 bridgehead atoms. The number of hydrogen-bond acceptors (Lipinski definition) is 3. The number of pyridine rings is 1. The molecule has 2 N–H and O–H groups in total. The average molecular weight is 209 g/mol. The van der Waals surface area contributed by atoms with Gasteiger partial charge in [0.25, 0.3) is 0 Å². The molecule has 0 aliphatic heterocycles. The van der Waals surface area contributed by atoms with Crippen molar-refractivity contribution in [2.75, 3.05) is 0 Å². The van der Waals surface area contributed by atoms with Gasteiger partial charge in [0.1, 0.15) is 0 Å². The number of unbranched alkanes of at least 4 members (excludes halogenated alkanes) is 1. The Labute approximate surface area is 88.6 Å². The average Bonchev–Trinajstić information content (AvgIpc) is 2.24. The van der Waals surface area contributed by atoms with Gasteiger partial charge in [0.15, 0.2) is 0 Å². The molecule has 0 amide bonds. The van der Waals surface area contributed by atoms with Gasteiger partial charge in [-0.15, -0.1) is 0 Å². The monoisotopic (exact) mass is 209 g/mol. The molecule has 0 radical (unpaired) electrons. The molecule has 0 aliphatic carbocycles. The van der Waals surface area contributed by atoms with Crippen molar-refractivity contribution in [1.29, 1.82) is 0 Å². The lowest BCUT2D eigenvalue weighted by Gasteiger charge is -2.01. The largest absolute Gasteiger partial charge is 0.481 e. The van der Waals surface area contributed by atoms with E-state index in [9.17, 15) is 4.79 Å². The maximum absolute atomic E-state index is 10.3. The molecule has 4 nitrogen and oxygen atoms in total. The van der Waals surface area contributed by atoms with Crippen LogP contribution in [0.25, 0.3) is 0 Å². The van der Waals surface area contributed by atoms with Crippen LogP contribution in [-0.4, -0.2) is 21.2 Å². The number of carboxylic acids is 1. The molecule has 0 aliphatic rings. The molecule has 0 fully saturated rings. The van der Waals surface area contributed by atoms with Crippen LogP contribution in [0, 0.1) is 0 Å². The van der Waals surface area contributed by atoms with Crippen molar-refractivity contribution in [1.82, 2.24) is 4.98 Å². The Hall–Kier alpha value is -1.42. The van der Waals surface area contributed by atoms with Crippen LogP contribution >= 0.6 is 0 Å². The molecule has 0 atom stereocenters. The summed E-state index contributed by atoms with van der Waals surface area (Å²) in [5, 5.41) is 17.3. The van der Waals surface area contributed by atoms with Crippen LogP contribution in [0.3, 0.4) is 0 Å². The molecule has 0 spiro atoms. The Morgan fingerprint density at radius 2 is 2.00 bits per heavy atom. The van der Waals surface area contributed by atoms with Gasteiger partial charge in [0.05, 0.1) is 12.3 Å². The molecule has 1 aromatic rings. The van der Waals surface area contributed by atoms with Crippen molar-refractivity contribution in [2.45, 2.75) is 32.3 Å². The Kier molecular flexibility index (Phi) is 4.77. The van der Waals surface area contributed by atoms with Crippen LogP contribution in [0.5, 0.6) is 0 Å². The SMILES string of the molecule is O=C(O)CCCCc1cccc(CO)n1. The number of carboxylic acid groups (broad SMARTS) is 1. The maximum Gasteiger partial charge on any atom is 0.303 e. The molecule has 1 heterocycles. The highest BCUT2D eigenvalue weighted by Gasteiger charge is 1.99. The maximum atomic E-state index is 10.3. The second-order valence-corrected chi connectivity index (χ2v) is 3.38. The first-order valence-electron chi connectivity index (χ1n) is 5.00. The van der Waals surface area contributed by atoms with E-state index in [4.69, 9.17) is 10.2 Å². The van der Waals surface area contributed by atoms with E-state index < -0.39 is 5.97 Å². The van der Waals surface area contributed by atoms with E-state index in [2.05, 4.69) is 4.98 Å². The van der Waals surface area contributed by atoms with Crippen molar-refractivity contribution >= 4 is 5.97 Å². The first kappa shape index (κ1) is 11.7. The van der Waals surface area contributed by atoms with Gasteiger partial charge >= 0.3 is 5.97 Å². The van der Waals surface area contributed by atoms with E-state index >= 15 is 0 Å². The highest BCUT2D eigenvalue weighted by molar-refractivity contribution is 5.66. The third kappa shape index (κ3) is 4.56. The van der Waals surface area contributed by atoms with Gasteiger partial charge in [-0.1, -0.05) is 6.07 Å². The lowest BCUT2D eigenvalue weighted by Crippen LogP contribution is -1.97. The minimum absolute atomic E-state index is 0.0526. The molecule has 82 valence electrons. The predicted molar refractivity (Wildman–Crippen MR) is 55.4 cm³/mol. The molecule has 4 heteroatoms. The molecule has 0 saturated carbocycles. The molecular weight excluding hydrogens is 194 g/mol. The number of aromatic nitrogens is 1. The van der Waals surface area contributed by atoms with Crippen molar-refractivity contribution in [3.63, 3.8) is 0 Å². The van der Waals surface area contributed by atoms with Gasteiger partial charge in [0, 0.05) is 12.1 Å². The van der Waals surface area contributed by atoms with Crippen LogP contribution in [-0.2, 0) is 17.8 Å². The summed E-state index contributed by atoms with van der Waals surface area (Å²) in [7, 11) is 0. The number of hydrogen-bond donors (Lipinski definition) is 2. The third-order valence-electron chi connectivity index (χ3n) is 2.10. The van der Waals surface area contributed by atoms with E-state index in [-0.39, 0.29) is 13.0 Å². The topological polar surface area (TPSA) is 70.4 Å². The van der Waals surface area contributed by atoms with E-state index in [0.29, 0.717) is 12.1 Å². The first-order valence-corrected chi connectivity index (χ1v) is 5.00. The number of carbonyl (C=O) groups is 1. The summed E-state index contributed by atoms with van der Waals surface area (Å²) in [5.74, 6) is -0.757. The number of aliphatic hydroxyl groups excluding tert-OH is 1. The molecule has 1 aromatic heterocycles. The number of rotatable bonds is 6. The molecule has 15 heavy (non-hydrogen) atoms. The van der Waals surface area contributed by atoms with Crippen LogP contribution < -0.4 is 0 Å². The summed E-state index contributed by atoms with van der Waals surface area (Å²) in [4.78, 5) is 14.5. The quantitative estimate of drug-likeness (QED) is 0.694. The fraction of sp³-hybridized carbons (Fsp3) is 0.455. The molecule has 0 unspecified atom stereocenters. The minimum atomic E-state index is -0.757. The van der Waals surface area contributed by atoms with E-state index in [1.807, 2.05) is 12.1 Å². The predicted octanol–water partition coefficient (Wildman–Crippen LogP) is 1.37.